The number of ether oxygens (including phenoxy) is 2. The van der Waals surface area contributed by atoms with Gasteiger partial charge in [-0.2, -0.15) is 26.3 Å². The third kappa shape index (κ3) is 7.95. The molecule has 6 aromatic rings. The first-order valence-corrected chi connectivity index (χ1v) is 18.4. The fraction of sp³-hybridized carbons (Fsp3) is 0.0909. The van der Waals surface area contributed by atoms with E-state index in [0.717, 1.165) is 22.3 Å². The lowest BCUT2D eigenvalue weighted by atomic mass is 9.83. The molecule has 2 aliphatic heterocycles. The van der Waals surface area contributed by atoms with Gasteiger partial charge in [0, 0.05) is 43.2 Å². The number of para-hydroxylation sites is 2. The summed E-state index contributed by atoms with van der Waals surface area (Å²) in [5.41, 5.74) is -7.08. The van der Waals surface area contributed by atoms with E-state index in [9.17, 15) is 26.3 Å². The van der Waals surface area contributed by atoms with Crippen molar-refractivity contribution in [2.75, 3.05) is 0 Å². The Labute approximate surface area is 317 Å². The van der Waals surface area contributed by atoms with Gasteiger partial charge in [-0.15, -0.1) is 0 Å². The molecule has 10 heteroatoms. The van der Waals surface area contributed by atoms with E-state index in [0.29, 0.717) is 22.6 Å². The van der Waals surface area contributed by atoms with Gasteiger partial charge in [0.15, 0.2) is 11.2 Å². The summed E-state index contributed by atoms with van der Waals surface area (Å²) in [5.74, 6) is 0.860. The van der Waals surface area contributed by atoms with Crippen LogP contribution in [-0.2, 0) is 11.2 Å². The van der Waals surface area contributed by atoms with Crippen molar-refractivity contribution in [1.82, 2.24) is 0 Å². The maximum absolute atomic E-state index is 13.3. The topological polar surface area (TPSA) is 18.5 Å². The molecule has 0 fully saturated rings. The molecule has 2 heterocycles. The molecule has 0 bridgehead atoms. The second-order valence-corrected chi connectivity index (χ2v) is 14.5. The third-order valence-electron chi connectivity index (χ3n) is 8.78. The van der Waals surface area contributed by atoms with Gasteiger partial charge in [-0.3, -0.25) is 0 Å². The van der Waals surface area contributed by atoms with E-state index in [-0.39, 0.29) is 33.3 Å². The van der Waals surface area contributed by atoms with Gasteiger partial charge in [0.05, 0.1) is 0 Å². The zero-order chi connectivity index (χ0) is 37.8. The predicted octanol–water partition coefficient (Wildman–Crippen LogP) is 13.2. The molecule has 6 aromatic carbocycles. The Morgan fingerprint density at radius 2 is 0.611 bits per heavy atom. The van der Waals surface area contributed by atoms with Gasteiger partial charge in [0.1, 0.15) is 11.5 Å². The summed E-state index contributed by atoms with van der Waals surface area (Å²) in [4.78, 5) is 0.272. The molecule has 0 N–H and O–H groups in total. The van der Waals surface area contributed by atoms with Crippen molar-refractivity contribution in [3.8, 4) is 11.5 Å². The lowest BCUT2D eigenvalue weighted by molar-refractivity contribution is -0.0327. The average molecular weight is 769 g/mol. The molecule has 0 amide bonds. The van der Waals surface area contributed by atoms with Crippen LogP contribution in [0.2, 0.25) is 0 Å². The van der Waals surface area contributed by atoms with Crippen molar-refractivity contribution in [3.63, 3.8) is 0 Å². The molecule has 272 valence electrons. The smallest absolute Gasteiger partial charge is 0.446 e. The molecule has 54 heavy (non-hydrogen) atoms. The molecule has 0 radical (unpaired) electrons. The summed E-state index contributed by atoms with van der Waals surface area (Å²) in [6.45, 7) is 0. The molecule has 0 saturated carbocycles. The standard InChI is InChI=1S/2C22H15F3OS/c2*23-22(24,25)27-20-15-21(16-9-3-1-4-10-16,17-11-5-2-6-12-17)26-19-14-8-7-13-18(19)20/h2*1-15H. The molecule has 2 aliphatic rings. The number of halogens is 6. The summed E-state index contributed by atoms with van der Waals surface area (Å²) in [6.07, 6.45) is 3.16. The normalized spacial score (nSPS) is 15.4. The Bertz CT molecular complexity index is 2010. The SMILES string of the molecule is FC(F)(F)SC1=CC(c2ccccc2)(c2ccccc2)Oc2ccccc21.FC(F)(F)SC1=CC(c2ccccc2)(c2ccccc2)Oc2ccccc21. The highest BCUT2D eigenvalue weighted by Gasteiger charge is 2.44. The highest BCUT2D eigenvalue weighted by atomic mass is 32.2. The van der Waals surface area contributed by atoms with E-state index < -0.39 is 22.2 Å². The minimum absolute atomic E-state index is 0.107. The molecule has 8 rings (SSSR count). The summed E-state index contributed by atoms with van der Waals surface area (Å²) >= 11 is -0.214. The highest BCUT2D eigenvalue weighted by molar-refractivity contribution is 8.09. The van der Waals surface area contributed by atoms with Gasteiger partial charge in [-0.1, -0.05) is 158 Å². The summed E-state index contributed by atoms with van der Waals surface area (Å²) in [6, 6.07) is 50.9. The molecular formula is C44H30F6O2S2. The molecule has 0 saturated heterocycles. The van der Waals surface area contributed by atoms with Crippen LogP contribution in [0.5, 0.6) is 11.5 Å². The number of alkyl halides is 6. The molecule has 0 atom stereocenters. The molecule has 0 aromatic heterocycles. The van der Waals surface area contributed by atoms with Crippen LogP contribution in [0, 0.1) is 0 Å². The number of thioether (sulfide) groups is 2. The van der Waals surface area contributed by atoms with Crippen LogP contribution in [0.25, 0.3) is 9.81 Å². The predicted molar refractivity (Wildman–Crippen MR) is 205 cm³/mol. The van der Waals surface area contributed by atoms with E-state index in [1.807, 2.05) is 121 Å². The van der Waals surface area contributed by atoms with Gasteiger partial charge in [-0.05, 0) is 47.8 Å². The second-order valence-electron chi connectivity index (χ2n) is 12.2. The zero-order valence-corrected chi connectivity index (χ0v) is 29.9. The van der Waals surface area contributed by atoms with Crippen molar-refractivity contribution < 1.29 is 35.8 Å². The third-order valence-corrected chi connectivity index (χ3v) is 10.4. The van der Waals surface area contributed by atoms with E-state index in [4.69, 9.17) is 9.47 Å². The molecule has 0 aliphatic carbocycles. The Kier molecular flexibility index (Phi) is 10.4. The minimum atomic E-state index is -4.39. The van der Waals surface area contributed by atoms with E-state index in [1.54, 1.807) is 60.7 Å². The quantitative estimate of drug-likeness (QED) is 0.157. The first kappa shape index (κ1) is 37.0. The fourth-order valence-corrected chi connectivity index (χ4v) is 8.02. The first-order valence-electron chi connectivity index (χ1n) is 16.7. The van der Waals surface area contributed by atoms with Gasteiger partial charge >= 0.3 is 11.0 Å². The van der Waals surface area contributed by atoms with Gasteiger partial charge in [0.2, 0.25) is 0 Å². The lowest BCUT2D eigenvalue weighted by Crippen LogP contribution is -2.35. The van der Waals surface area contributed by atoms with Gasteiger partial charge in [-0.25, -0.2) is 0 Å². The van der Waals surface area contributed by atoms with Crippen molar-refractivity contribution >= 4 is 33.3 Å². The van der Waals surface area contributed by atoms with Crippen LogP contribution in [0.4, 0.5) is 26.3 Å². The molecule has 0 spiro atoms. The summed E-state index contributed by atoms with van der Waals surface area (Å²) in [5, 5.41) is 0. The van der Waals surface area contributed by atoms with Crippen molar-refractivity contribution in [3.05, 3.63) is 215 Å². The Morgan fingerprint density at radius 3 is 0.889 bits per heavy atom. The Balaban J connectivity index is 0.000000167. The Hall–Kier alpha value is -5.32. The van der Waals surface area contributed by atoms with Crippen LogP contribution in [0.1, 0.15) is 33.4 Å². The monoisotopic (exact) mass is 768 g/mol. The largest absolute Gasteiger partial charge is 0.473 e. The second kappa shape index (κ2) is 15.2. The van der Waals surface area contributed by atoms with Gasteiger partial charge < -0.3 is 9.47 Å². The molecule has 0 unspecified atom stereocenters. The number of fused-ring (bicyclic) bond motifs is 2. The molecule has 2 nitrogen and oxygen atoms in total. The van der Waals surface area contributed by atoms with E-state index in [1.165, 1.54) is 0 Å². The molecular weight excluding hydrogens is 739 g/mol. The van der Waals surface area contributed by atoms with Crippen molar-refractivity contribution in [2.45, 2.75) is 22.2 Å². The fourth-order valence-electron chi connectivity index (χ4n) is 6.51. The van der Waals surface area contributed by atoms with Crippen LogP contribution < -0.4 is 9.47 Å². The maximum Gasteiger partial charge on any atom is 0.446 e. The van der Waals surface area contributed by atoms with Gasteiger partial charge in [0.25, 0.3) is 0 Å². The average Bonchev–Trinajstić information content (AvgIpc) is 3.18. The number of hydrogen-bond donors (Lipinski definition) is 0. The van der Waals surface area contributed by atoms with E-state index >= 15 is 0 Å². The number of hydrogen-bond acceptors (Lipinski definition) is 4. The lowest BCUT2D eigenvalue weighted by Gasteiger charge is -2.37. The van der Waals surface area contributed by atoms with Crippen LogP contribution in [0.3, 0.4) is 0 Å². The maximum atomic E-state index is 13.3. The highest BCUT2D eigenvalue weighted by Crippen LogP contribution is 2.53. The summed E-state index contributed by atoms with van der Waals surface area (Å²) in [7, 11) is 0. The summed E-state index contributed by atoms with van der Waals surface area (Å²) < 4.78 is 92.4. The Morgan fingerprint density at radius 1 is 0.352 bits per heavy atom. The zero-order valence-electron chi connectivity index (χ0n) is 28.2. The number of rotatable bonds is 6. The van der Waals surface area contributed by atoms with Crippen LogP contribution in [-0.4, -0.2) is 11.0 Å². The van der Waals surface area contributed by atoms with Crippen molar-refractivity contribution in [1.29, 1.82) is 0 Å². The van der Waals surface area contributed by atoms with Crippen LogP contribution in [0.15, 0.2) is 182 Å². The van der Waals surface area contributed by atoms with Crippen molar-refractivity contribution in [2.24, 2.45) is 0 Å². The first-order chi connectivity index (χ1) is 26.0. The van der Waals surface area contributed by atoms with Crippen LogP contribution >= 0.6 is 23.5 Å². The van der Waals surface area contributed by atoms with E-state index in [2.05, 4.69) is 0 Å². The number of benzene rings is 6. The minimum Gasteiger partial charge on any atom is -0.473 e.